The van der Waals surface area contributed by atoms with Crippen molar-refractivity contribution in [1.29, 1.82) is 0 Å². The van der Waals surface area contributed by atoms with E-state index in [9.17, 15) is 9.18 Å². The molecule has 0 aliphatic rings. The molecule has 0 aliphatic heterocycles. The number of nitrogens with one attached hydrogen (secondary N) is 1. The van der Waals surface area contributed by atoms with Crippen LogP contribution in [-0.4, -0.2) is 18.7 Å². The Morgan fingerprint density at radius 1 is 1.31 bits per heavy atom. The third kappa shape index (κ3) is 5.81. The molecule has 0 fully saturated rings. The number of hydrogen-bond acceptors (Lipinski definition) is 3. The maximum atomic E-state index is 13.0. The van der Waals surface area contributed by atoms with Crippen LogP contribution in [0.4, 0.5) is 4.39 Å². The molecule has 0 saturated heterocycles. The van der Waals surface area contributed by atoms with Crippen molar-refractivity contribution in [2.24, 2.45) is 5.10 Å². The predicted molar refractivity (Wildman–Crippen MR) is 105 cm³/mol. The lowest BCUT2D eigenvalue weighted by atomic mass is 9.87. The van der Waals surface area contributed by atoms with Crippen LogP contribution in [0.2, 0.25) is 5.02 Å². The lowest BCUT2D eigenvalue weighted by Crippen LogP contribution is -2.24. The number of hydrazone groups is 1. The van der Waals surface area contributed by atoms with Gasteiger partial charge in [0.2, 0.25) is 0 Å². The van der Waals surface area contributed by atoms with Gasteiger partial charge in [0.05, 0.1) is 15.7 Å². The number of carbonyl (C=O) groups is 1. The number of benzene rings is 2. The Hall–Kier alpha value is -1.92. The first-order chi connectivity index (χ1) is 12.2. The number of rotatable bonds is 5. The van der Waals surface area contributed by atoms with Crippen molar-refractivity contribution < 1.29 is 13.9 Å². The summed E-state index contributed by atoms with van der Waals surface area (Å²) in [7, 11) is 0. The first-order valence-corrected chi connectivity index (χ1v) is 9.03. The van der Waals surface area contributed by atoms with Crippen LogP contribution in [0.3, 0.4) is 0 Å². The summed E-state index contributed by atoms with van der Waals surface area (Å²) in [6.45, 7) is 6.17. The molecule has 26 heavy (non-hydrogen) atoms. The molecule has 4 nitrogen and oxygen atoms in total. The predicted octanol–water partition coefficient (Wildman–Crippen LogP) is 5.07. The second-order valence-corrected chi connectivity index (χ2v) is 7.90. The SMILES string of the molecule is CC(C)(C)c1ccc(OCC(=O)N/N=C/c2ccc(F)cc2Cl)c(Br)c1. The van der Waals surface area contributed by atoms with Gasteiger partial charge in [-0.1, -0.05) is 38.4 Å². The van der Waals surface area contributed by atoms with E-state index in [2.05, 4.69) is 47.2 Å². The van der Waals surface area contributed by atoms with Crippen molar-refractivity contribution >= 4 is 39.7 Å². The molecule has 7 heteroatoms. The molecule has 0 spiro atoms. The minimum atomic E-state index is -0.437. The Kier molecular flexibility index (Phi) is 6.78. The van der Waals surface area contributed by atoms with Gasteiger partial charge in [0.1, 0.15) is 11.6 Å². The highest BCUT2D eigenvalue weighted by molar-refractivity contribution is 9.10. The van der Waals surface area contributed by atoms with Crippen molar-refractivity contribution in [2.45, 2.75) is 26.2 Å². The van der Waals surface area contributed by atoms with Crippen molar-refractivity contribution in [3.05, 3.63) is 62.8 Å². The molecule has 1 amide bonds. The third-order valence-corrected chi connectivity index (χ3v) is 4.46. The van der Waals surface area contributed by atoms with E-state index in [0.29, 0.717) is 11.3 Å². The third-order valence-electron chi connectivity index (χ3n) is 3.51. The zero-order valence-corrected chi connectivity index (χ0v) is 17.0. The molecule has 0 heterocycles. The van der Waals surface area contributed by atoms with E-state index in [1.165, 1.54) is 24.4 Å². The molecule has 138 valence electrons. The van der Waals surface area contributed by atoms with Crippen molar-refractivity contribution in [3.63, 3.8) is 0 Å². The molecule has 0 aromatic heterocycles. The van der Waals surface area contributed by atoms with E-state index in [4.69, 9.17) is 16.3 Å². The summed E-state index contributed by atoms with van der Waals surface area (Å²) in [6, 6.07) is 9.66. The highest BCUT2D eigenvalue weighted by Gasteiger charge is 2.15. The molecule has 0 radical (unpaired) electrons. The number of amides is 1. The number of carbonyl (C=O) groups excluding carboxylic acids is 1. The Morgan fingerprint density at radius 3 is 2.65 bits per heavy atom. The number of halogens is 3. The number of hydrogen-bond donors (Lipinski definition) is 1. The van der Waals surface area contributed by atoms with Crippen molar-refractivity contribution in [2.75, 3.05) is 6.61 Å². The monoisotopic (exact) mass is 440 g/mol. The summed E-state index contributed by atoms with van der Waals surface area (Å²) in [6.07, 6.45) is 1.34. The van der Waals surface area contributed by atoms with E-state index in [1.54, 1.807) is 0 Å². The molecular weight excluding hydrogens is 423 g/mol. The van der Waals surface area contributed by atoms with Gasteiger partial charge in [-0.2, -0.15) is 5.10 Å². The summed E-state index contributed by atoms with van der Waals surface area (Å²) < 4.78 is 19.2. The molecule has 2 aromatic rings. The number of nitrogens with zero attached hydrogens (tertiary/aromatic N) is 1. The topological polar surface area (TPSA) is 50.7 Å². The highest BCUT2D eigenvalue weighted by atomic mass is 79.9. The summed E-state index contributed by atoms with van der Waals surface area (Å²) in [4.78, 5) is 11.8. The first-order valence-electron chi connectivity index (χ1n) is 7.86. The Balaban J connectivity index is 1.90. The molecule has 0 aliphatic carbocycles. The van der Waals surface area contributed by atoms with Crippen LogP contribution < -0.4 is 10.2 Å². The van der Waals surface area contributed by atoms with E-state index >= 15 is 0 Å². The van der Waals surface area contributed by atoms with Crippen LogP contribution in [0, 0.1) is 5.82 Å². The summed E-state index contributed by atoms with van der Waals surface area (Å²) in [5.41, 5.74) is 4.01. The highest BCUT2D eigenvalue weighted by Crippen LogP contribution is 2.31. The fraction of sp³-hybridized carbons (Fsp3) is 0.263. The lowest BCUT2D eigenvalue weighted by molar-refractivity contribution is -0.123. The molecular formula is C19H19BrClFN2O2. The summed E-state index contributed by atoms with van der Waals surface area (Å²) in [5.74, 6) is -0.294. The van der Waals surface area contributed by atoms with Crippen molar-refractivity contribution in [1.82, 2.24) is 5.43 Å². The maximum Gasteiger partial charge on any atom is 0.277 e. The molecule has 2 aromatic carbocycles. The first kappa shape index (κ1) is 20.4. The normalized spacial score (nSPS) is 11.6. The van der Waals surface area contributed by atoms with Crippen LogP contribution in [0.15, 0.2) is 46.0 Å². The fourth-order valence-corrected chi connectivity index (χ4v) is 2.75. The van der Waals surface area contributed by atoms with Gasteiger partial charge in [0.15, 0.2) is 6.61 Å². The Labute approximate surface area is 165 Å². The zero-order chi connectivity index (χ0) is 19.3. The van der Waals surface area contributed by atoms with Crippen molar-refractivity contribution in [3.8, 4) is 5.75 Å². The average molecular weight is 442 g/mol. The largest absolute Gasteiger partial charge is 0.483 e. The Morgan fingerprint density at radius 2 is 2.04 bits per heavy atom. The van der Waals surface area contributed by atoms with Crippen LogP contribution >= 0.6 is 27.5 Å². The van der Waals surface area contributed by atoms with Gasteiger partial charge < -0.3 is 4.74 Å². The van der Waals surface area contributed by atoms with Gasteiger partial charge in [-0.05, 0) is 57.2 Å². The van der Waals surface area contributed by atoms with E-state index in [0.717, 1.165) is 10.0 Å². The summed E-state index contributed by atoms with van der Waals surface area (Å²) in [5, 5.41) is 4.00. The molecule has 0 saturated carbocycles. The minimum Gasteiger partial charge on any atom is -0.483 e. The van der Waals surface area contributed by atoms with Gasteiger partial charge >= 0.3 is 0 Å². The fourth-order valence-electron chi connectivity index (χ4n) is 2.04. The van der Waals surface area contributed by atoms with Crippen LogP contribution in [0.1, 0.15) is 31.9 Å². The Bertz CT molecular complexity index is 835. The standard InChI is InChI=1S/C19H19BrClFN2O2/c1-19(2,3)13-5-7-17(15(20)8-13)26-11-18(25)24-23-10-12-4-6-14(22)9-16(12)21/h4-10H,11H2,1-3H3,(H,24,25)/b23-10+. The molecule has 0 bridgehead atoms. The van der Waals surface area contributed by atoms with Gasteiger partial charge in [-0.15, -0.1) is 0 Å². The second kappa shape index (κ2) is 8.64. The van der Waals surface area contributed by atoms with E-state index in [1.807, 2.05) is 18.2 Å². The molecule has 2 rings (SSSR count). The molecule has 0 atom stereocenters. The smallest absolute Gasteiger partial charge is 0.277 e. The number of ether oxygens (including phenoxy) is 1. The quantitative estimate of drug-likeness (QED) is 0.520. The zero-order valence-electron chi connectivity index (χ0n) is 14.6. The van der Waals surface area contributed by atoms with Gasteiger partial charge in [-0.3, -0.25) is 4.79 Å². The van der Waals surface area contributed by atoms with E-state index in [-0.39, 0.29) is 17.0 Å². The molecule has 1 N–H and O–H groups in total. The summed E-state index contributed by atoms with van der Waals surface area (Å²) >= 11 is 9.33. The average Bonchev–Trinajstić information content (AvgIpc) is 2.55. The van der Waals surface area contributed by atoms with Crippen LogP contribution in [0.5, 0.6) is 5.75 Å². The second-order valence-electron chi connectivity index (χ2n) is 6.64. The van der Waals surface area contributed by atoms with E-state index < -0.39 is 11.7 Å². The van der Waals surface area contributed by atoms with Gasteiger partial charge in [-0.25, -0.2) is 9.82 Å². The van der Waals surface area contributed by atoms with Gasteiger partial charge in [0, 0.05) is 5.56 Å². The van der Waals surface area contributed by atoms with Crippen LogP contribution in [0.25, 0.3) is 0 Å². The van der Waals surface area contributed by atoms with Gasteiger partial charge in [0.25, 0.3) is 5.91 Å². The molecule has 0 unspecified atom stereocenters. The van der Waals surface area contributed by atoms with Crippen LogP contribution in [-0.2, 0) is 10.2 Å². The minimum absolute atomic E-state index is 0.0226. The lowest BCUT2D eigenvalue weighted by Gasteiger charge is -2.20. The maximum absolute atomic E-state index is 13.0.